The molecule has 1 aromatic heterocycles. The fourth-order valence-corrected chi connectivity index (χ4v) is 6.01. The van der Waals surface area contributed by atoms with E-state index in [2.05, 4.69) is 21.9 Å². The highest BCUT2D eigenvalue weighted by Crippen LogP contribution is 2.62. The molecule has 2 amide bonds. The van der Waals surface area contributed by atoms with Gasteiger partial charge in [0.2, 0.25) is 5.91 Å². The standard InChI is InChI=1S/C21H31N5O2/c1-15-11-23-16(12-22-15)18(27)26-9-7-20(8-10-26)5-6-21(19(28)24(2)3)14-25(4)13-17(20)21/h11-12,17H,5-10,13-14H2,1-4H3/t17-,21+/m1/s1. The van der Waals surface area contributed by atoms with Crippen molar-refractivity contribution in [2.45, 2.75) is 32.6 Å². The third-order valence-electron chi connectivity index (χ3n) is 7.40. The Bertz CT molecular complexity index is 770. The van der Waals surface area contributed by atoms with Gasteiger partial charge in [-0.3, -0.25) is 14.6 Å². The second-order valence-electron chi connectivity index (χ2n) is 9.30. The van der Waals surface area contributed by atoms with E-state index in [9.17, 15) is 9.59 Å². The number of carbonyl (C=O) groups excluding carboxylic acids is 2. The number of piperidine rings is 1. The molecule has 3 fully saturated rings. The maximum Gasteiger partial charge on any atom is 0.274 e. The van der Waals surface area contributed by atoms with Crippen LogP contribution in [0.3, 0.4) is 0 Å². The molecular weight excluding hydrogens is 354 g/mol. The molecule has 3 aliphatic rings. The lowest BCUT2D eigenvalue weighted by molar-refractivity contribution is -0.141. The highest BCUT2D eigenvalue weighted by atomic mass is 16.2. The van der Waals surface area contributed by atoms with Crippen molar-refractivity contribution >= 4 is 11.8 Å². The minimum atomic E-state index is -0.243. The van der Waals surface area contributed by atoms with E-state index in [1.54, 1.807) is 17.3 Å². The van der Waals surface area contributed by atoms with Crippen LogP contribution in [-0.2, 0) is 4.79 Å². The van der Waals surface area contributed by atoms with Crippen molar-refractivity contribution in [2.24, 2.45) is 16.7 Å². The lowest BCUT2D eigenvalue weighted by atomic mass is 9.65. The zero-order valence-corrected chi connectivity index (χ0v) is 17.4. The fraction of sp³-hybridized carbons (Fsp3) is 0.714. The number of fused-ring (bicyclic) bond motifs is 2. The predicted octanol–water partition coefficient (Wildman–Crippen LogP) is 1.44. The second-order valence-corrected chi connectivity index (χ2v) is 9.30. The Kier molecular flexibility index (Phi) is 4.68. The van der Waals surface area contributed by atoms with Gasteiger partial charge in [-0.2, -0.15) is 0 Å². The number of hydrogen-bond donors (Lipinski definition) is 0. The zero-order valence-electron chi connectivity index (χ0n) is 17.4. The number of hydrogen-bond acceptors (Lipinski definition) is 5. The van der Waals surface area contributed by atoms with Crippen molar-refractivity contribution in [2.75, 3.05) is 47.3 Å². The Labute approximate surface area is 167 Å². The monoisotopic (exact) mass is 385 g/mol. The van der Waals surface area contributed by atoms with Crippen LogP contribution in [0.4, 0.5) is 0 Å². The maximum absolute atomic E-state index is 13.1. The van der Waals surface area contributed by atoms with Gasteiger partial charge in [0, 0.05) is 46.5 Å². The van der Waals surface area contributed by atoms with Crippen LogP contribution in [0.5, 0.6) is 0 Å². The summed E-state index contributed by atoms with van der Waals surface area (Å²) in [6, 6.07) is 0. The van der Waals surface area contributed by atoms with Crippen molar-refractivity contribution in [3.05, 3.63) is 23.8 Å². The summed E-state index contributed by atoms with van der Waals surface area (Å²) in [4.78, 5) is 40.4. The SMILES string of the molecule is Cc1cnc(C(=O)N2CCC3(CC2)CC[C@]2(C(=O)N(C)C)CN(C)C[C@H]32)cn1. The minimum absolute atomic E-state index is 0.0282. The molecule has 1 spiro atoms. The van der Waals surface area contributed by atoms with E-state index in [0.29, 0.717) is 11.6 Å². The lowest BCUT2D eigenvalue weighted by Crippen LogP contribution is -2.49. The molecule has 1 aromatic rings. The summed E-state index contributed by atoms with van der Waals surface area (Å²) in [5, 5.41) is 0. The summed E-state index contributed by atoms with van der Waals surface area (Å²) in [5.41, 5.74) is 1.16. The number of carbonyl (C=O) groups is 2. The van der Waals surface area contributed by atoms with Crippen LogP contribution < -0.4 is 0 Å². The summed E-state index contributed by atoms with van der Waals surface area (Å²) < 4.78 is 0. The van der Waals surface area contributed by atoms with Gasteiger partial charge in [-0.15, -0.1) is 0 Å². The fourth-order valence-electron chi connectivity index (χ4n) is 6.01. The van der Waals surface area contributed by atoms with Crippen molar-refractivity contribution in [1.82, 2.24) is 24.7 Å². The summed E-state index contributed by atoms with van der Waals surface area (Å²) in [5.74, 6) is 0.642. The summed E-state index contributed by atoms with van der Waals surface area (Å²) >= 11 is 0. The van der Waals surface area contributed by atoms with Gasteiger partial charge < -0.3 is 14.7 Å². The molecule has 0 radical (unpaired) electrons. The molecule has 2 saturated heterocycles. The van der Waals surface area contributed by atoms with Crippen LogP contribution in [0.1, 0.15) is 41.9 Å². The van der Waals surface area contributed by atoms with Crippen LogP contribution in [0.25, 0.3) is 0 Å². The molecule has 3 heterocycles. The Morgan fingerprint density at radius 2 is 1.82 bits per heavy atom. The average Bonchev–Trinajstić information content (AvgIpc) is 3.17. The maximum atomic E-state index is 13.1. The first-order valence-electron chi connectivity index (χ1n) is 10.3. The number of rotatable bonds is 2. The van der Waals surface area contributed by atoms with Crippen LogP contribution in [0.2, 0.25) is 0 Å². The number of nitrogens with zero attached hydrogens (tertiary/aromatic N) is 5. The van der Waals surface area contributed by atoms with Crippen molar-refractivity contribution in [3.8, 4) is 0 Å². The molecule has 0 bridgehead atoms. The van der Waals surface area contributed by atoms with E-state index in [4.69, 9.17) is 0 Å². The van der Waals surface area contributed by atoms with Crippen LogP contribution >= 0.6 is 0 Å². The third-order valence-corrected chi connectivity index (χ3v) is 7.40. The Balaban J connectivity index is 1.50. The Hall–Kier alpha value is -2.02. The molecule has 0 unspecified atom stereocenters. The van der Waals surface area contributed by atoms with Crippen LogP contribution in [0.15, 0.2) is 12.4 Å². The van der Waals surface area contributed by atoms with E-state index in [1.807, 2.05) is 25.9 Å². The Morgan fingerprint density at radius 3 is 2.43 bits per heavy atom. The molecule has 28 heavy (non-hydrogen) atoms. The molecule has 7 heteroatoms. The van der Waals surface area contributed by atoms with E-state index >= 15 is 0 Å². The number of likely N-dealkylation sites (tertiary alicyclic amines) is 2. The van der Waals surface area contributed by atoms with Gasteiger partial charge in [0.1, 0.15) is 5.69 Å². The molecule has 4 rings (SSSR count). The number of aryl methyl sites for hydroxylation is 1. The highest BCUT2D eigenvalue weighted by Gasteiger charge is 2.64. The summed E-state index contributed by atoms with van der Waals surface area (Å²) in [6.45, 7) is 5.18. The smallest absolute Gasteiger partial charge is 0.274 e. The first-order valence-corrected chi connectivity index (χ1v) is 10.3. The van der Waals surface area contributed by atoms with Crippen molar-refractivity contribution in [3.63, 3.8) is 0 Å². The van der Waals surface area contributed by atoms with Crippen LogP contribution in [-0.4, -0.2) is 83.8 Å². The van der Waals surface area contributed by atoms with Gasteiger partial charge in [-0.25, -0.2) is 4.98 Å². The molecule has 0 N–H and O–H groups in total. The quantitative estimate of drug-likeness (QED) is 0.770. The first kappa shape index (κ1) is 19.3. The van der Waals surface area contributed by atoms with Crippen LogP contribution in [0, 0.1) is 23.7 Å². The summed E-state index contributed by atoms with van der Waals surface area (Å²) in [6.07, 6.45) is 7.22. The normalized spacial score (nSPS) is 29.1. The van der Waals surface area contributed by atoms with E-state index < -0.39 is 0 Å². The lowest BCUT2D eigenvalue weighted by Gasteiger charge is -2.44. The zero-order chi connectivity index (χ0) is 20.1. The molecule has 1 saturated carbocycles. The van der Waals surface area contributed by atoms with Crippen molar-refractivity contribution in [1.29, 1.82) is 0 Å². The Morgan fingerprint density at radius 1 is 1.11 bits per heavy atom. The van der Waals surface area contributed by atoms with Crippen molar-refractivity contribution < 1.29 is 9.59 Å². The van der Waals surface area contributed by atoms with E-state index in [1.165, 1.54) is 0 Å². The molecule has 2 atom stereocenters. The third kappa shape index (κ3) is 2.91. The predicted molar refractivity (Wildman–Crippen MR) is 106 cm³/mol. The van der Waals surface area contributed by atoms with Gasteiger partial charge in [0.15, 0.2) is 0 Å². The topological polar surface area (TPSA) is 69.6 Å². The van der Waals surface area contributed by atoms with Gasteiger partial charge in [-0.1, -0.05) is 0 Å². The molecular formula is C21H31N5O2. The molecule has 2 aliphatic heterocycles. The van der Waals surface area contributed by atoms with E-state index in [-0.39, 0.29) is 22.6 Å². The molecule has 152 valence electrons. The second kappa shape index (κ2) is 6.79. The molecule has 0 aromatic carbocycles. The van der Waals surface area contributed by atoms with E-state index in [0.717, 1.165) is 57.6 Å². The van der Waals surface area contributed by atoms with Gasteiger partial charge in [0.25, 0.3) is 5.91 Å². The number of aromatic nitrogens is 2. The van der Waals surface area contributed by atoms with Gasteiger partial charge >= 0.3 is 0 Å². The van der Waals surface area contributed by atoms with Gasteiger partial charge in [-0.05, 0) is 51.0 Å². The first-order chi connectivity index (χ1) is 13.3. The minimum Gasteiger partial charge on any atom is -0.348 e. The molecule has 1 aliphatic carbocycles. The largest absolute Gasteiger partial charge is 0.348 e. The summed E-state index contributed by atoms with van der Waals surface area (Å²) in [7, 11) is 5.88. The highest BCUT2D eigenvalue weighted by molar-refractivity contribution is 5.92. The average molecular weight is 386 g/mol. The van der Waals surface area contributed by atoms with Gasteiger partial charge in [0.05, 0.1) is 17.3 Å². The molecule has 7 nitrogen and oxygen atoms in total. The number of amides is 2.